The first-order valence-corrected chi connectivity index (χ1v) is 4.59. The van der Waals surface area contributed by atoms with Gasteiger partial charge in [0.15, 0.2) is 7.85 Å². The second-order valence-corrected chi connectivity index (χ2v) is 3.62. The van der Waals surface area contributed by atoms with E-state index in [-0.39, 0.29) is 11.6 Å². The number of hydrogen-bond donors (Lipinski definition) is 1. The predicted molar refractivity (Wildman–Crippen MR) is 55.8 cm³/mol. The summed E-state index contributed by atoms with van der Waals surface area (Å²) in [5, 5.41) is 8.95. The van der Waals surface area contributed by atoms with Crippen molar-refractivity contribution in [3.05, 3.63) is 23.0 Å². The van der Waals surface area contributed by atoms with Crippen molar-refractivity contribution in [3.63, 3.8) is 0 Å². The summed E-state index contributed by atoms with van der Waals surface area (Å²) in [6.07, 6.45) is 2.87. The van der Waals surface area contributed by atoms with Gasteiger partial charge in [0.1, 0.15) is 12.0 Å². The van der Waals surface area contributed by atoms with Gasteiger partial charge in [0.25, 0.3) is 0 Å². The summed E-state index contributed by atoms with van der Waals surface area (Å²) < 4.78 is 0. The highest BCUT2D eigenvalue weighted by Crippen LogP contribution is 2.32. The van der Waals surface area contributed by atoms with Crippen LogP contribution in [0.2, 0.25) is 0 Å². The van der Waals surface area contributed by atoms with E-state index in [4.69, 9.17) is 5.11 Å². The Bertz CT molecular complexity index is 328. The number of allylic oxidation sites excluding steroid dienone is 3. The predicted octanol–water partition coefficient (Wildman–Crippen LogP) is 0.513. The van der Waals surface area contributed by atoms with E-state index in [1.165, 1.54) is 7.85 Å². The molecule has 0 heterocycles. The highest BCUT2D eigenvalue weighted by atomic mass is 16.2. The molecular weight excluding hydrogens is 179 g/mol. The van der Waals surface area contributed by atoms with E-state index in [2.05, 4.69) is 0 Å². The van der Waals surface area contributed by atoms with E-state index in [9.17, 15) is 9.59 Å². The van der Waals surface area contributed by atoms with Crippen LogP contribution in [0.4, 0.5) is 0 Å². The molecule has 1 atom stereocenters. The number of hydrogen-bond acceptors (Lipinski definition) is 3. The molecule has 0 saturated carbocycles. The molecule has 74 valence electrons. The third-order valence-electron chi connectivity index (χ3n) is 2.66. The number of carbonyl (C=O) groups excluding carboxylic acids is 2. The van der Waals surface area contributed by atoms with Gasteiger partial charge in [0.05, 0.1) is 6.26 Å². The Balaban J connectivity index is 3.10. The molecule has 1 aliphatic rings. The average Bonchev–Trinajstić information content (AvgIpc) is 2.17. The van der Waals surface area contributed by atoms with Crippen molar-refractivity contribution in [2.24, 2.45) is 5.92 Å². The van der Waals surface area contributed by atoms with Crippen molar-refractivity contribution < 1.29 is 14.7 Å². The first kappa shape index (κ1) is 10.8. The largest absolute Gasteiger partial charge is 0.515 e. The van der Waals surface area contributed by atoms with Crippen LogP contribution >= 0.6 is 0 Å². The third kappa shape index (κ3) is 1.95. The van der Waals surface area contributed by atoms with E-state index >= 15 is 0 Å². The highest BCUT2D eigenvalue weighted by Gasteiger charge is 2.24. The Kier molecular flexibility index (Phi) is 3.28. The lowest BCUT2D eigenvalue weighted by atomic mass is 9.77. The zero-order valence-electron chi connectivity index (χ0n) is 8.41. The molecule has 0 saturated heterocycles. The summed E-state index contributed by atoms with van der Waals surface area (Å²) in [4.78, 5) is 21.9. The molecular formula is C10H13BO3. The van der Waals surface area contributed by atoms with Crippen molar-refractivity contribution in [1.82, 2.24) is 0 Å². The van der Waals surface area contributed by atoms with Gasteiger partial charge in [-0.3, -0.25) is 0 Å². The van der Waals surface area contributed by atoms with Gasteiger partial charge in [0.2, 0.25) is 0 Å². The topological polar surface area (TPSA) is 54.4 Å². The number of carbonyl (C=O) groups is 2. The number of aliphatic hydroxyl groups excluding tert-OH is 1. The molecule has 0 aromatic heterocycles. The van der Waals surface area contributed by atoms with Crippen LogP contribution in [0.15, 0.2) is 23.0 Å². The summed E-state index contributed by atoms with van der Waals surface area (Å²) >= 11 is 0. The van der Waals surface area contributed by atoms with Crippen LogP contribution in [0.1, 0.15) is 19.8 Å². The van der Waals surface area contributed by atoms with Crippen LogP contribution in [-0.4, -0.2) is 24.9 Å². The van der Waals surface area contributed by atoms with Gasteiger partial charge < -0.3 is 14.7 Å². The fourth-order valence-corrected chi connectivity index (χ4v) is 1.77. The first-order chi connectivity index (χ1) is 6.60. The normalized spacial score (nSPS) is 25.2. The molecule has 0 aromatic carbocycles. The molecule has 0 amide bonds. The highest BCUT2D eigenvalue weighted by molar-refractivity contribution is 6.62. The van der Waals surface area contributed by atoms with Gasteiger partial charge in [-0.2, -0.15) is 0 Å². The maximum Gasteiger partial charge on any atom is 0.193 e. The minimum atomic E-state index is -0.170. The van der Waals surface area contributed by atoms with E-state index in [1.54, 1.807) is 6.92 Å². The second-order valence-electron chi connectivity index (χ2n) is 3.62. The first-order valence-electron chi connectivity index (χ1n) is 4.59. The van der Waals surface area contributed by atoms with Gasteiger partial charge in [0, 0.05) is 5.92 Å². The van der Waals surface area contributed by atoms with Gasteiger partial charge in [-0.1, -0.05) is 0 Å². The summed E-state index contributed by atoms with van der Waals surface area (Å²) in [6, 6.07) is 0. The molecule has 1 N–H and O–H groups in total. The number of rotatable bonds is 2. The smallest absolute Gasteiger partial charge is 0.193 e. The molecule has 1 rings (SSSR count). The molecule has 0 aliphatic heterocycles. The molecule has 3 nitrogen and oxygen atoms in total. The fourth-order valence-electron chi connectivity index (χ4n) is 1.77. The Morgan fingerprint density at radius 2 is 2.21 bits per heavy atom. The van der Waals surface area contributed by atoms with Crippen LogP contribution in [0.5, 0.6) is 0 Å². The number of aldehydes is 1. The minimum Gasteiger partial charge on any atom is -0.515 e. The average molecular weight is 192 g/mol. The van der Waals surface area contributed by atoms with E-state index in [1.807, 2.05) is 0 Å². The standard InChI is InChI=1S/C10H13BO3/c1-6-8(5-13)2-7(4-12)3-9(6)10(11)14/h4-5,7,13H,2-3,11H2,1H3/b8-5+. The van der Waals surface area contributed by atoms with Gasteiger partial charge in [-0.05, 0) is 36.5 Å². The van der Waals surface area contributed by atoms with E-state index in [0.717, 1.165) is 18.1 Å². The summed E-state index contributed by atoms with van der Waals surface area (Å²) in [5.74, 6) is -0.170. The molecule has 0 fully saturated rings. The molecule has 0 radical (unpaired) electrons. The van der Waals surface area contributed by atoms with Crippen molar-refractivity contribution in [1.29, 1.82) is 0 Å². The van der Waals surface area contributed by atoms with Crippen molar-refractivity contribution in [3.8, 4) is 0 Å². The lowest BCUT2D eigenvalue weighted by Crippen LogP contribution is -2.18. The van der Waals surface area contributed by atoms with Crippen LogP contribution in [0.25, 0.3) is 0 Å². The second kappa shape index (κ2) is 4.27. The van der Waals surface area contributed by atoms with Crippen LogP contribution in [-0.2, 0) is 9.59 Å². The number of aliphatic hydroxyl groups is 1. The summed E-state index contributed by atoms with van der Waals surface area (Å²) in [7, 11) is 1.49. The van der Waals surface area contributed by atoms with Crippen molar-refractivity contribution >= 4 is 19.8 Å². The zero-order valence-corrected chi connectivity index (χ0v) is 8.41. The van der Waals surface area contributed by atoms with E-state index < -0.39 is 0 Å². The van der Waals surface area contributed by atoms with Crippen molar-refractivity contribution in [2.75, 3.05) is 0 Å². The van der Waals surface area contributed by atoms with Gasteiger partial charge >= 0.3 is 0 Å². The maximum absolute atomic E-state index is 11.2. The third-order valence-corrected chi connectivity index (χ3v) is 2.66. The van der Waals surface area contributed by atoms with E-state index in [0.29, 0.717) is 24.0 Å². The van der Waals surface area contributed by atoms with Gasteiger partial charge in [-0.15, -0.1) is 0 Å². The van der Waals surface area contributed by atoms with Crippen molar-refractivity contribution in [2.45, 2.75) is 19.8 Å². The Labute approximate surface area is 83.9 Å². The molecule has 0 aromatic rings. The SMILES string of the molecule is BC(=O)C1=C(C)/C(=C/O)CC(C=O)C1. The van der Waals surface area contributed by atoms with Crippen LogP contribution < -0.4 is 0 Å². The summed E-state index contributed by atoms with van der Waals surface area (Å²) in [5.41, 5.74) is 2.15. The Morgan fingerprint density at radius 3 is 2.64 bits per heavy atom. The lowest BCUT2D eigenvalue weighted by molar-refractivity contribution is -0.111. The minimum absolute atomic E-state index is 0.0200. The molecule has 4 heteroatoms. The quantitative estimate of drug-likeness (QED) is 0.394. The summed E-state index contributed by atoms with van der Waals surface area (Å²) in [6.45, 7) is 1.81. The van der Waals surface area contributed by atoms with Gasteiger partial charge in [-0.25, -0.2) is 0 Å². The maximum atomic E-state index is 11.2. The molecule has 0 bridgehead atoms. The molecule has 14 heavy (non-hydrogen) atoms. The molecule has 0 spiro atoms. The molecule has 1 unspecified atom stereocenters. The lowest BCUT2D eigenvalue weighted by Gasteiger charge is -2.22. The zero-order chi connectivity index (χ0) is 10.7. The monoisotopic (exact) mass is 192 g/mol. The Morgan fingerprint density at radius 1 is 1.57 bits per heavy atom. The molecule has 1 aliphatic carbocycles. The van der Waals surface area contributed by atoms with Crippen LogP contribution in [0, 0.1) is 5.92 Å². The van der Waals surface area contributed by atoms with Crippen LogP contribution in [0.3, 0.4) is 0 Å². The fraction of sp³-hybridized carbons (Fsp3) is 0.400. The Hall–Kier alpha value is -1.32.